The van der Waals surface area contributed by atoms with Gasteiger partial charge in [-0.25, -0.2) is 10.1 Å². The molecule has 0 radical (unpaired) electrons. The Balaban J connectivity index is 3.11. The smallest absolute Gasteiger partial charge is 0.410 e. The minimum absolute atomic E-state index is 0.0181. The van der Waals surface area contributed by atoms with Crippen LogP contribution in [0, 0.1) is 0 Å². The van der Waals surface area contributed by atoms with Gasteiger partial charge in [-0.15, -0.1) is 0 Å². The number of hydrogen-bond donors (Lipinski definition) is 1. The van der Waals surface area contributed by atoms with Crippen LogP contribution in [0.3, 0.4) is 0 Å². The summed E-state index contributed by atoms with van der Waals surface area (Å²) in [4.78, 5) is 0. The van der Waals surface area contributed by atoms with Gasteiger partial charge >= 0.3 is 7.75 Å². The lowest BCUT2D eigenvalue weighted by molar-refractivity contribution is 0.323. The fraction of sp³-hybridized carbons (Fsp3) is 0.143. The first-order valence-corrected chi connectivity index (χ1v) is 6.39. The highest BCUT2D eigenvalue weighted by atomic mass is 35.5. The number of rotatable bonds is 3. The summed E-state index contributed by atoms with van der Waals surface area (Å²) in [7, 11) is -2.53. The van der Waals surface area contributed by atoms with E-state index in [0.29, 0.717) is 5.02 Å². The van der Waals surface area contributed by atoms with E-state index in [1.54, 1.807) is 0 Å². The van der Waals surface area contributed by atoms with E-state index in [-0.39, 0.29) is 15.8 Å². The Morgan fingerprint density at radius 2 is 1.73 bits per heavy atom. The van der Waals surface area contributed by atoms with E-state index in [2.05, 4.69) is 4.52 Å². The van der Waals surface area contributed by atoms with Crippen molar-refractivity contribution in [2.75, 3.05) is 7.11 Å². The lowest BCUT2D eigenvalue weighted by Gasteiger charge is -2.14. The normalized spacial score (nSPS) is 14.7. The van der Waals surface area contributed by atoms with Crippen LogP contribution < -0.4 is 10.0 Å². The van der Waals surface area contributed by atoms with Gasteiger partial charge in [0.1, 0.15) is 0 Å². The second-order valence-electron chi connectivity index (χ2n) is 2.51. The quantitative estimate of drug-likeness (QED) is 0.861. The predicted octanol–water partition coefficient (Wildman–Crippen LogP) is 3.74. The molecule has 84 valence electrons. The van der Waals surface area contributed by atoms with Crippen LogP contribution in [0.1, 0.15) is 0 Å². The lowest BCUT2D eigenvalue weighted by atomic mass is 10.3. The third-order valence-corrected chi connectivity index (χ3v) is 3.16. The lowest BCUT2D eigenvalue weighted by Crippen LogP contribution is -2.04. The molecular weight excluding hydrogens is 283 g/mol. The molecule has 0 aliphatic carbocycles. The molecule has 0 aliphatic rings. The number of nitrogens with two attached hydrogens (primary N) is 1. The summed E-state index contributed by atoms with van der Waals surface area (Å²) in [5.41, 5.74) is 5.18. The van der Waals surface area contributed by atoms with Gasteiger partial charge in [0.2, 0.25) is 0 Å². The van der Waals surface area contributed by atoms with E-state index in [1.807, 2.05) is 0 Å². The van der Waals surface area contributed by atoms with Crippen LogP contribution >= 0.6 is 42.5 Å². The zero-order chi connectivity index (χ0) is 11.6. The van der Waals surface area contributed by atoms with Crippen molar-refractivity contribution in [3.05, 3.63) is 27.2 Å². The molecule has 0 bridgehead atoms. The van der Waals surface area contributed by atoms with Crippen molar-refractivity contribution < 1.29 is 13.6 Å². The van der Waals surface area contributed by atoms with Crippen LogP contribution in [-0.2, 0) is 9.09 Å². The second-order valence-corrected chi connectivity index (χ2v) is 5.39. The van der Waals surface area contributed by atoms with Gasteiger partial charge in [0.15, 0.2) is 5.75 Å². The Bertz CT molecular complexity index is 403. The van der Waals surface area contributed by atoms with E-state index in [0.717, 1.165) is 7.11 Å². The Labute approximate surface area is 102 Å². The van der Waals surface area contributed by atoms with Crippen LogP contribution in [0.2, 0.25) is 15.1 Å². The molecule has 4 nitrogen and oxygen atoms in total. The molecule has 0 heterocycles. The van der Waals surface area contributed by atoms with Crippen LogP contribution in [0.25, 0.3) is 0 Å². The van der Waals surface area contributed by atoms with Gasteiger partial charge in [-0.05, 0) is 12.1 Å². The molecular formula is C7H7Cl3NO3P. The maximum absolute atomic E-state index is 11.3. The maximum atomic E-state index is 11.3. The van der Waals surface area contributed by atoms with E-state index in [1.165, 1.54) is 12.1 Å². The molecule has 0 amide bonds. The van der Waals surface area contributed by atoms with Crippen molar-refractivity contribution in [3.63, 3.8) is 0 Å². The van der Waals surface area contributed by atoms with E-state index >= 15 is 0 Å². The molecule has 1 aromatic rings. The Kier molecular flexibility index (Phi) is 4.29. The SMILES string of the molecule is COP(N)(=O)Oc1c(Cl)cc(Cl)cc1Cl. The summed E-state index contributed by atoms with van der Waals surface area (Å²) < 4.78 is 20.6. The van der Waals surface area contributed by atoms with Gasteiger partial charge < -0.3 is 4.52 Å². The van der Waals surface area contributed by atoms with Crippen molar-refractivity contribution in [3.8, 4) is 5.75 Å². The molecule has 1 aromatic carbocycles. The molecule has 0 spiro atoms. The third kappa shape index (κ3) is 3.52. The summed E-state index contributed by atoms with van der Waals surface area (Å²) in [6.07, 6.45) is 0. The van der Waals surface area contributed by atoms with Crippen molar-refractivity contribution in [2.45, 2.75) is 0 Å². The topological polar surface area (TPSA) is 61.5 Å². The predicted molar refractivity (Wildman–Crippen MR) is 60.9 cm³/mol. The molecule has 1 unspecified atom stereocenters. The average molecular weight is 290 g/mol. The number of hydrogen-bond acceptors (Lipinski definition) is 3. The molecule has 2 N–H and O–H groups in total. The molecule has 0 saturated heterocycles. The number of benzene rings is 1. The monoisotopic (exact) mass is 289 g/mol. The fourth-order valence-electron chi connectivity index (χ4n) is 0.781. The minimum atomic E-state index is -3.68. The van der Waals surface area contributed by atoms with Gasteiger partial charge in [0.25, 0.3) is 0 Å². The molecule has 8 heteroatoms. The van der Waals surface area contributed by atoms with Crippen molar-refractivity contribution >= 4 is 42.5 Å². The van der Waals surface area contributed by atoms with Gasteiger partial charge in [0.05, 0.1) is 10.0 Å². The third-order valence-electron chi connectivity index (χ3n) is 1.44. The van der Waals surface area contributed by atoms with Crippen LogP contribution in [-0.4, -0.2) is 7.11 Å². The van der Waals surface area contributed by atoms with Gasteiger partial charge in [-0.1, -0.05) is 34.8 Å². The zero-order valence-corrected chi connectivity index (χ0v) is 10.7. The molecule has 0 fully saturated rings. The van der Waals surface area contributed by atoms with E-state index < -0.39 is 7.75 Å². The Morgan fingerprint density at radius 1 is 1.27 bits per heavy atom. The maximum Gasteiger partial charge on any atom is 0.455 e. The molecule has 0 aliphatic heterocycles. The van der Waals surface area contributed by atoms with Crippen molar-refractivity contribution in [1.82, 2.24) is 0 Å². The molecule has 0 saturated carbocycles. The largest absolute Gasteiger partial charge is 0.455 e. The summed E-state index contributed by atoms with van der Waals surface area (Å²) >= 11 is 17.2. The molecule has 0 aromatic heterocycles. The first kappa shape index (κ1) is 13.1. The minimum Gasteiger partial charge on any atom is -0.410 e. The second kappa shape index (κ2) is 4.91. The Hall–Kier alpha value is 0.0400. The molecule has 1 rings (SSSR count). The molecule has 1 atom stereocenters. The van der Waals surface area contributed by atoms with Crippen LogP contribution in [0.5, 0.6) is 5.75 Å². The Morgan fingerprint density at radius 3 is 2.13 bits per heavy atom. The fourth-order valence-corrected chi connectivity index (χ4v) is 2.31. The van der Waals surface area contributed by atoms with E-state index in [4.69, 9.17) is 44.8 Å². The van der Waals surface area contributed by atoms with Crippen molar-refractivity contribution in [2.24, 2.45) is 5.50 Å². The summed E-state index contributed by atoms with van der Waals surface area (Å²) in [6.45, 7) is 0. The summed E-state index contributed by atoms with van der Waals surface area (Å²) in [6, 6.07) is 2.78. The highest BCUT2D eigenvalue weighted by molar-refractivity contribution is 7.51. The number of halogens is 3. The average Bonchev–Trinajstić information content (AvgIpc) is 2.11. The molecule has 15 heavy (non-hydrogen) atoms. The summed E-state index contributed by atoms with van der Waals surface area (Å²) in [5.74, 6) is -0.0181. The zero-order valence-electron chi connectivity index (χ0n) is 7.54. The van der Waals surface area contributed by atoms with Crippen molar-refractivity contribution in [1.29, 1.82) is 0 Å². The first-order chi connectivity index (χ1) is 6.85. The van der Waals surface area contributed by atoms with E-state index in [9.17, 15) is 4.57 Å². The van der Waals surface area contributed by atoms with Gasteiger partial charge in [-0.2, -0.15) is 0 Å². The highest BCUT2D eigenvalue weighted by Gasteiger charge is 2.21. The highest BCUT2D eigenvalue weighted by Crippen LogP contribution is 2.46. The van der Waals surface area contributed by atoms with Gasteiger partial charge in [0, 0.05) is 12.1 Å². The standard InChI is InChI=1S/C7H7Cl3NO3P/c1-13-15(11,12)14-7-5(9)2-4(8)3-6(7)10/h2-3H,1H3,(H2,11,12). The van der Waals surface area contributed by atoms with Crippen LogP contribution in [0.15, 0.2) is 12.1 Å². The van der Waals surface area contributed by atoms with Gasteiger partial charge in [-0.3, -0.25) is 4.52 Å². The first-order valence-electron chi connectivity index (χ1n) is 3.64. The van der Waals surface area contributed by atoms with Crippen LogP contribution in [0.4, 0.5) is 0 Å². The summed E-state index contributed by atoms with van der Waals surface area (Å²) in [5, 5.41) is 0.548.